The van der Waals surface area contributed by atoms with Gasteiger partial charge in [-0.1, -0.05) is 30.3 Å². The maximum Gasteiger partial charge on any atom is 0.330 e. The third-order valence-corrected chi connectivity index (χ3v) is 4.31. The minimum Gasteiger partial charge on any atom is -0.387 e. The molecule has 1 aliphatic heterocycles. The van der Waals surface area contributed by atoms with Crippen LogP contribution in [0.4, 0.5) is 4.39 Å². The van der Waals surface area contributed by atoms with Gasteiger partial charge in [0.25, 0.3) is 5.56 Å². The molecule has 2 heterocycles. The summed E-state index contributed by atoms with van der Waals surface area (Å²) in [5.41, 5.74) is -2.97. The fourth-order valence-electron chi connectivity index (χ4n) is 2.89. The van der Waals surface area contributed by atoms with Crippen molar-refractivity contribution in [2.24, 2.45) is 0 Å². The van der Waals surface area contributed by atoms with E-state index in [4.69, 9.17) is 9.47 Å². The van der Waals surface area contributed by atoms with Crippen molar-refractivity contribution in [1.29, 1.82) is 0 Å². The number of nitrogens with one attached hydrogen (secondary N) is 1. The monoisotopic (exact) mass is 366 g/mol. The number of nitrogens with zero attached hydrogens (tertiary/aromatic N) is 1. The van der Waals surface area contributed by atoms with Crippen molar-refractivity contribution in [3.8, 4) is 0 Å². The van der Waals surface area contributed by atoms with E-state index in [0.717, 1.165) is 22.4 Å². The van der Waals surface area contributed by atoms with Crippen molar-refractivity contribution in [3.05, 3.63) is 69.0 Å². The molecule has 2 unspecified atom stereocenters. The van der Waals surface area contributed by atoms with Gasteiger partial charge in [-0.3, -0.25) is 14.3 Å². The summed E-state index contributed by atoms with van der Waals surface area (Å²) in [5.74, 6) is 0. The second-order valence-electron chi connectivity index (χ2n) is 6.11. The molecule has 0 aliphatic carbocycles. The molecule has 4 atom stereocenters. The molecule has 0 bridgehead atoms. The zero-order valence-corrected chi connectivity index (χ0v) is 13.7. The molecule has 140 valence electrons. The highest BCUT2D eigenvalue weighted by atomic mass is 19.1. The van der Waals surface area contributed by atoms with Gasteiger partial charge >= 0.3 is 5.69 Å². The minimum atomic E-state index is -2.34. The van der Waals surface area contributed by atoms with Gasteiger partial charge in [0, 0.05) is 12.3 Å². The Labute approximate surface area is 147 Å². The number of hydrogen-bond acceptors (Lipinski definition) is 6. The van der Waals surface area contributed by atoms with Crippen LogP contribution in [0.2, 0.25) is 0 Å². The molecule has 9 heteroatoms. The van der Waals surface area contributed by atoms with Gasteiger partial charge in [0.15, 0.2) is 11.8 Å². The maximum absolute atomic E-state index is 13.5. The quantitative estimate of drug-likeness (QED) is 0.648. The molecule has 2 aromatic rings. The van der Waals surface area contributed by atoms with Crippen LogP contribution in [0, 0.1) is 0 Å². The van der Waals surface area contributed by atoms with Gasteiger partial charge in [-0.25, -0.2) is 9.18 Å². The highest BCUT2D eigenvalue weighted by Gasteiger charge is 2.56. The molecular formula is C17H19FN2O6. The van der Waals surface area contributed by atoms with Crippen molar-refractivity contribution in [2.75, 3.05) is 13.3 Å². The van der Waals surface area contributed by atoms with Gasteiger partial charge in [0.1, 0.15) is 18.9 Å². The van der Waals surface area contributed by atoms with Gasteiger partial charge in [0.05, 0.1) is 13.2 Å². The van der Waals surface area contributed by atoms with Crippen molar-refractivity contribution in [2.45, 2.75) is 30.6 Å². The Kier molecular flexibility index (Phi) is 5.33. The average molecular weight is 366 g/mol. The molecule has 0 saturated carbocycles. The van der Waals surface area contributed by atoms with Gasteiger partial charge in [0.2, 0.25) is 0 Å². The molecule has 3 N–H and O–H groups in total. The molecule has 26 heavy (non-hydrogen) atoms. The molecule has 0 radical (unpaired) electrons. The molecule has 0 amide bonds. The standard InChI is InChI=1S/C17H19FN2O6/c18-10-17(24)14(22)12(9-25-8-11-4-2-1-3-5-11)26-15(17)20-7-6-13(21)19-16(20)23/h1-7,12,14-15,22,24H,8-10H2,(H,19,21,23)/t12?,14-,15+,17?/m0/s1. The molecule has 1 aromatic carbocycles. The predicted octanol–water partition coefficient (Wildman–Crippen LogP) is -0.288. The molecule has 1 fully saturated rings. The Bertz CT molecular complexity index is 854. The molecule has 8 nitrogen and oxygen atoms in total. The normalized spacial score (nSPS) is 28.3. The van der Waals surface area contributed by atoms with Crippen molar-refractivity contribution in [3.63, 3.8) is 0 Å². The Morgan fingerprint density at radius 3 is 2.65 bits per heavy atom. The summed E-state index contributed by atoms with van der Waals surface area (Å²) in [6.07, 6.45) is -3.10. The predicted molar refractivity (Wildman–Crippen MR) is 88.3 cm³/mol. The number of hydrogen-bond donors (Lipinski definition) is 3. The van der Waals surface area contributed by atoms with Crippen LogP contribution < -0.4 is 11.2 Å². The van der Waals surface area contributed by atoms with E-state index in [-0.39, 0.29) is 13.2 Å². The van der Waals surface area contributed by atoms with Crippen molar-refractivity contribution in [1.82, 2.24) is 9.55 Å². The van der Waals surface area contributed by atoms with Crippen LogP contribution >= 0.6 is 0 Å². The zero-order valence-electron chi connectivity index (χ0n) is 13.7. The van der Waals surface area contributed by atoms with Gasteiger partial charge < -0.3 is 19.7 Å². The Morgan fingerprint density at radius 1 is 1.27 bits per heavy atom. The highest BCUT2D eigenvalue weighted by molar-refractivity contribution is 5.13. The molecule has 1 saturated heterocycles. The number of halogens is 1. The SMILES string of the molecule is O=c1ccn([C@@H]2OC(COCc3ccccc3)[C@H](O)C2(O)CF)c(=O)[nH]1. The number of alkyl halides is 1. The second-order valence-corrected chi connectivity index (χ2v) is 6.11. The summed E-state index contributed by atoms with van der Waals surface area (Å²) in [6, 6.07) is 10.3. The van der Waals surface area contributed by atoms with E-state index in [2.05, 4.69) is 0 Å². The van der Waals surface area contributed by atoms with Crippen LogP contribution in [0.5, 0.6) is 0 Å². The zero-order chi connectivity index (χ0) is 18.7. The van der Waals surface area contributed by atoms with Crippen LogP contribution in [0.3, 0.4) is 0 Å². The van der Waals surface area contributed by atoms with Crippen molar-refractivity contribution < 1.29 is 24.1 Å². The third-order valence-electron chi connectivity index (χ3n) is 4.31. The second kappa shape index (κ2) is 7.50. The maximum atomic E-state index is 13.5. The molecule has 1 aliphatic rings. The summed E-state index contributed by atoms with van der Waals surface area (Å²) in [6.45, 7) is -1.22. The van der Waals surface area contributed by atoms with Gasteiger partial charge in [-0.2, -0.15) is 0 Å². The first-order valence-corrected chi connectivity index (χ1v) is 8.00. The van der Waals surface area contributed by atoms with Crippen LogP contribution in [-0.2, 0) is 16.1 Å². The first kappa shape index (κ1) is 18.5. The summed E-state index contributed by atoms with van der Waals surface area (Å²) in [5, 5.41) is 20.8. The number of benzene rings is 1. The van der Waals surface area contributed by atoms with E-state index in [1.165, 1.54) is 0 Å². The summed E-state index contributed by atoms with van der Waals surface area (Å²) in [4.78, 5) is 25.1. The highest BCUT2D eigenvalue weighted by Crippen LogP contribution is 2.38. The Morgan fingerprint density at radius 2 is 2.00 bits per heavy atom. The van der Waals surface area contributed by atoms with E-state index in [0.29, 0.717) is 0 Å². The van der Waals surface area contributed by atoms with Gasteiger partial charge in [-0.15, -0.1) is 0 Å². The lowest BCUT2D eigenvalue weighted by Crippen LogP contribution is -2.51. The van der Waals surface area contributed by atoms with Crippen LogP contribution in [0.15, 0.2) is 52.2 Å². The lowest BCUT2D eigenvalue weighted by atomic mass is 9.95. The Hall–Kier alpha value is -2.33. The van der Waals surface area contributed by atoms with E-state index < -0.39 is 42.0 Å². The van der Waals surface area contributed by atoms with Gasteiger partial charge in [-0.05, 0) is 5.56 Å². The average Bonchev–Trinajstić information content (AvgIpc) is 2.88. The Balaban J connectivity index is 1.75. The molecule has 3 rings (SSSR count). The number of H-pyrrole nitrogens is 1. The smallest absolute Gasteiger partial charge is 0.330 e. The van der Waals surface area contributed by atoms with Crippen LogP contribution in [-0.4, -0.2) is 50.9 Å². The fraction of sp³-hybridized carbons (Fsp3) is 0.412. The van der Waals surface area contributed by atoms with Crippen LogP contribution in [0.25, 0.3) is 0 Å². The number of aromatic amines is 1. The first-order chi connectivity index (χ1) is 12.5. The fourth-order valence-corrected chi connectivity index (χ4v) is 2.89. The third kappa shape index (κ3) is 3.47. The van der Waals surface area contributed by atoms with Crippen LogP contribution in [0.1, 0.15) is 11.8 Å². The summed E-state index contributed by atoms with van der Waals surface area (Å²) >= 11 is 0. The number of ether oxygens (including phenoxy) is 2. The molecular weight excluding hydrogens is 347 g/mol. The lowest BCUT2D eigenvalue weighted by molar-refractivity contribution is -0.121. The number of aliphatic hydroxyl groups is 2. The summed E-state index contributed by atoms with van der Waals surface area (Å²) in [7, 11) is 0. The number of rotatable bonds is 6. The minimum absolute atomic E-state index is 0.118. The number of aliphatic hydroxyl groups excluding tert-OH is 1. The topological polar surface area (TPSA) is 114 Å². The molecule has 1 aromatic heterocycles. The van der Waals surface area contributed by atoms with E-state index in [1.807, 2.05) is 35.3 Å². The summed E-state index contributed by atoms with van der Waals surface area (Å²) < 4.78 is 25.3. The first-order valence-electron chi connectivity index (χ1n) is 8.00. The van der Waals surface area contributed by atoms with E-state index >= 15 is 0 Å². The van der Waals surface area contributed by atoms with E-state index in [1.54, 1.807) is 0 Å². The largest absolute Gasteiger partial charge is 0.387 e. The molecule has 0 spiro atoms. The van der Waals surface area contributed by atoms with E-state index in [9.17, 15) is 24.2 Å². The van der Waals surface area contributed by atoms with Crippen molar-refractivity contribution >= 4 is 0 Å². The number of aromatic nitrogens is 2. The lowest BCUT2D eigenvalue weighted by Gasteiger charge is -2.28.